The predicted molar refractivity (Wildman–Crippen MR) is 77.5 cm³/mol. The van der Waals surface area contributed by atoms with Crippen molar-refractivity contribution in [3.8, 4) is 0 Å². The molecule has 4 nitrogen and oxygen atoms in total. The van der Waals surface area contributed by atoms with Crippen LogP contribution in [-0.4, -0.2) is 22.6 Å². The van der Waals surface area contributed by atoms with Gasteiger partial charge in [-0.1, -0.05) is 23.9 Å². The lowest BCUT2D eigenvalue weighted by Gasteiger charge is -2.15. The molecule has 1 aliphatic rings. The van der Waals surface area contributed by atoms with Gasteiger partial charge in [0.2, 0.25) is 0 Å². The second kappa shape index (κ2) is 5.89. The van der Waals surface area contributed by atoms with Gasteiger partial charge in [-0.05, 0) is 30.5 Å². The van der Waals surface area contributed by atoms with Crippen LogP contribution in [-0.2, 0) is 9.53 Å². The van der Waals surface area contributed by atoms with Gasteiger partial charge in [0, 0.05) is 18.4 Å². The van der Waals surface area contributed by atoms with E-state index in [2.05, 4.69) is 9.55 Å². The van der Waals surface area contributed by atoms with Gasteiger partial charge in [0.25, 0.3) is 0 Å². The molecule has 110 valence electrons. The standard InChI is InChI=1S/C15H15FN2O2S/c1-20-14(19)13(10-2-4-11(16)5-3-10)21-15-17-8-9-18(15)12-6-7-12/h2-5,8-9,12-13H,6-7H2,1H3/t13-/m0/s1. The van der Waals surface area contributed by atoms with Gasteiger partial charge in [-0.15, -0.1) is 0 Å². The molecule has 0 bridgehead atoms. The van der Waals surface area contributed by atoms with Crippen LogP contribution in [0.5, 0.6) is 0 Å². The van der Waals surface area contributed by atoms with E-state index in [-0.39, 0.29) is 11.8 Å². The van der Waals surface area contributed by atoms with Gasteiger partial charge in [0.15, 0.2) is 5.16 Å². The Morgan fingerprint density at radius 1 is 1.43 bits per heavy atom. The first kappa shape index (κ1) is 14.1. The number of rotatable bonds is 5. The molecular formula is C15H15FN2O2S. The van der Waals surface area contributed by atoms with Crippen LogP contribution < -0.4 is 0 Å². The van der Waals surface area contributed by atoms with Crippen molar-refractivity contribution in [1.82, 2.24) is 9.55 Å². The number of thioether (sulfide) groups is 1. The molecule has 1 fully saturated rings. The number of nitrogens with zero attached hydrogens (tertiary/aromatic N) is 2. The molecule has 0 radical (unpaired) electrons. The number of halogens is 1. The monoisotopic (exact) mass is 306 g/mol. The molecule has 2 aromatic rings. The third kappa shape index (κ3) is 3.10. The Kier molecular flexibility index (Phi) is 3.96. The highest BCUT2D eigenvalue weighted by Crippen LogP contribution is 2.41. The number of methoxy groups -OCH3 is 1. The maximum atomic E-state index is 13.0. The molecule has 21 heavy (non-hydrogen) atoms. The van der Waals surface area contributed by atoms with E-state index in [1.54, 1.807) is 18.3 Å². The molecule has 0 saturated heterocycles. The van der Waals surface area contributed by atoms with Crippen molar-refractivity contribution in [2.45, 2.75) is 29.3 Å². The van der Waals surface area contributed by atoms with E-state index in [1.165, 1.54) is 31.0 Å². The highest BCUT2D eigenvalue weighted by Gasteiger charge is 2.29. The maximum Gasteiger partial charge on any atom is 0.323 e. The number of carbonyl (C=O) groups is 1. The summed E-state index contributed by atoms with van der Waals surface area (Å²) >= 11 is 1.34. The van der Waals surface area contributed by atoms with Crippen molar-refractivity contribution in [3.63, 3.8) is 0 Å². The lowest BCUT2D eigenvalue weighted by atomic mass is 10.1. The molecule has 1 saturated carbocycles. The second-order valence-electron chi connectivity index (χ2n) is 4.92. The van der Waals surface area contributed by atoms with E-state index < -0.39 is 5.25 Å². The summed E-state index contributed by atoms with van der Waals surface area (Å²) < 4.78 is 20.0. The normalized spacial score (nSPS) is 15.7. The summed E-state index contributed by atoms with van der Waals surface area (Å²) in [4.78, 5) is 16.4. The molecule has 0 N–H and O–H groups in total. The molecule has 1 heterocycles. The Labute approximate surface area is 126 Å². The van der Waals surface area contributed by atoms with Gasteiger partial charge in [0.05, 0.1) is 7.11 Å². The van der Waals surface area contributed by atoms with Crippen LogP contribution in [0.25, 0.3) is 0 Å². The molecule has 1 atom stereocenters. The van der Waals surface area contributed by atoms with Crippen LogP contribution in [0.1, 0.15) is 29.7 Å². The minimum atomic E-state index is -0.546. The van der Waals surface area contributed by atoms with Crippen molar-refractivity contribution in [2.24, 2.45) is 0 Å². The van der Waals surface area contributed by atoms with Crippen molar-refractivity contribution in [1.29, 1.82) is 0 Å². The lowest BCUT2D eigenvalue weighted by molar-refractivity contribution is -0.140. The van der Waals surface area contributed by atoms with E-state index in [1.807, 2.05) is 6.20 Å². The molecule has 1 aliphatic carbocycles. The van der Waals surface area contributed by atoms with Crippen molar-refractivity contribution < 1.29 is 13.9 Å². The van der Waals surface area contributed by atoms with Crippen molar-refractivity contribution in [2.75, 3.05) is 7.11 Å². The summed E-state index contributed by atoms with van der Waals surface area (Å²) in [7, 11) is 1.35. The molecule has 0 amide bonds. The molecule has 1 aromatic heterocycles. The average Bonchev–Trinajstić information content (AvgIpc) is 3.24. The van der Waals surface area contributed by atoms with Gasteiger partial charge in [-0.3, -0.25) is 4.79 Å². The minimum absolute atomic E-state index is 0.327. The number of hydrogen-bond acceptors (Lipinski definition) is 4. The van der Waals surface area contributed by atoms with E-state index in [0.29, 0.717) is 11.6 Å². The summed E-state index contributed by atoms with van der Waals surface area (Å²) in [6, 6.07) is 6.39. The zero-order chi connectivity index (χ0) is 14.8. The Hall–Kier alpha value is -1.82. The number of esters is 1. The quantitative estimate of drug-likeness (QED) is 0.627. The summed E-state index contributed by atoms with van der Waals surface area (Å²) in [5, 5.41) is 0.243. The number of aromatic nitrogens is 2. The molecule has 3 rings (SSSR count). The third-order valence-electron chi connectivity index (χ3n) is 3.38. The first-order valence-electron chi connectivity index (χ1n) is 6.72. The largest absolute Gasteiger partial charge is 0.468 e. The van der Waals surface area contributed by atoms with Crippen LogP contribution in [0, 0.1) is 5.82 Å². The maximum absolute atomic E-state index is 13.0. The van der Waals surface area contributed by atoms with Gasteiger partial charge in [0.1, 0.15) is 11.1 Å². The fourth-order valence-electron chi connectivity index (χ4n) is 2.12. The number of imidazole rings is 1. The van der Waals surface area contributed by atoms with Gasteiger partial charge >= 0.3 is 5.97 Å². The number of benzene rings is 1. The van der Waals surface area contributed by atoms with Gasteiger partial charge in [-0.25, -0.2) is 9.37 Å². The third-order valence-corrected chi connectivity index (χ3v) is 4.61. The van der Waals surface area contributed by atoms with Crippen molar-refractivity contribution >= 4 is 17.7 Å². The predicted octanol–water partition coefficient (Wildman–Crippen LogP) is 3.36. The Bertz CT molecular complexity index is 637. The van der Waals surface area contributed by atoms with Crippen LogP contribution in [0.15, 0.2) is 41.8 Å². The van der Waals surface area contributed by atoms with E-state index in [0.717, 1.165) is 18.0 Å². The fraction of sp³-hybridized carbons (Fsp3) is 0.333. The van der Waals surface area contributed by atoms with Crippen LogP contribution in [0.4, 0.5) is 4.39 Å². The highest BCUT2D eigenvalue weighted by atomic mass is 32.2. The number of hydrogen-bond donors (Lipinski definition) is 0. The molecule has 0 aliphatic heterocycles. The summed E-state index contributed by atoms with van der Waals surface area (Å²) in [5.41, 5.74) is 0.707. The molecule has 6 heteroatoms. The first-order valence-corrected chi connectivity index (χ1v) is 7.60. The number of carbonyl (C=O) groups excluding carboxylic acids is 1. The Morgan fingerprint density at radius 3 is 2.76 bits per heavy atom. The molecule has 0 unspecified atom stereocenters. The zero-order valence-corrected chi connectivity index (χ0v) is 12.3. The average molecular weight is 306 g/mol. The lowest BCUT2D eigenvalue weighted by Crippen LogP contribution is -2.12. The second-order valence-corrected chi connectivity index (χ2v) is 5.99. The number of ether oxygens (including phenoxy) is 1. The van der Waals surface area contributed by atoms with Gasteiger partial charge < -0.3 is 9.30 Å². The smallest absolute Gasteiger partial charge is 0.323 e. The Morgan fingerprint density at radius 2 is 2.14 bits per heavy atom. The zero-order valence-electron chi connectivity index (χ0n) is 11.5. The topological polar surface area (TPSA) is 44.1 Å². The SMILES string of the molecule is COC(=O)[C@@H](Sc1nccn1C1CC1)c1ccc(F)cc1. The van der Waals surface area contributed by atoms with Gasteiger partial charge in [-0.2, -0.15) is 0 Å². The van der Waals surface area contributed by atoms with E-state index >= 15 is 0 Å². The molecule has 0 spiro atoms. The molecule has 1 aromatic carbocycles. The minimum Gasteiger partial charge on any atom is -0.468 e. The van der Waals surface area contributed by atoms with Crippen LogP contribution in [0.3, 0.4) is 0 Å². The summed E-state index contributed by atoms with van der Waals surface area (Å²) in [6.45, 7) is 0. The summed E-state index contributed by atoms with van der Waals surface area (Å²) in [6.07, 6.45) is 5.95. The highest BCUT2D eigenvalue weighted by molar-refractivity contribution is 8.00. The van der Waals surface area contributed by atoms with E-state index in [9.17, 15) is 9.18 Å². The van der Waals surface area contributed by atoms with E-state index in [4.69, 9.17) is 4.74 Å². The first-order chi connectivity index (χ1) is 10.2. The fourth-order valence-corrected chi connectivity index (χ4v) is 3.27. The molecular weight excluding hydrogens is 291 g/mol. The summed E-state index contributed by atoms with van der Waals surface area (Å²) in [5.74, 6) is -0.691. The van der Waals surface area contributed by atoms with Crippen LogP contribution >= 0.6 is 11.8 Å². The van der Waals surface area contributed by atoms with Crippen LogP contribution in [0.2, 0.25) is 0 Å². The van der Waals surface area contributed by atoms with Crippen molar-refractivity contribution in [3.05, 3.63) is 48.0 Å². The Balaban J connectivity index is 1.87.